The lowest BCUT2D eigenvalue weighted by Crippen LogP contribution is -2.40. The fourth-order valence-corrected chi connectivity index (χ4v) is 3.72. The number of rotatable bonds is 4. The van der Waals surface area contributed by atoms with Crippen LogP contribution in [0.15, 0.2) is 30.3 Å². The van der Waals surface area contributed by atoms with Gasteiger partial charge in [-0.05, 0) is 17.7 Å². The third-order valence-corrected chi connectivity index (χ3v) is 5.30. The van der Waals surface area contributed by atoms with E-state index in [4.69, 9.17) is 14.2 Å². The van der Waals surface area contributed by atoms with E-state index in [-0.39, 0.29) is 35.2 Å². The van der Waals surface area contributed by atoms with Crippen molar-refractivity contribution in [3.63, 3.8) is 0 Å². The number of aliphatic hydroxyl groups excluding tert-OH is 3. The maximum atomic E-state index is 10.2. The summed E-state index contributed by atoms with van der Waals surface area (Å²) >= 11 is 0. The largest absolute Gasteiger partial charge is 0.508 e. The lowest BCUT2D eigenvalue weighted by atomic mass is 9.93. The van der Waals surface area contributed by atoms with Gasteiger partial charge in [-0.15, -0.1) is 0 Å². The minimum absolute atomic E-state index is 0.0836. The second kappa shape index (κ2) is 7.82. The summed E-state index contributed by atoms with van der Waals surface area (Å²) in [4.78, 5) is 0. The molecule has 0 radical (unpaired) electrons. The average molecular weight is 422 g/mol. The van der Waals surface area contributed by atoms with Crippen LogP contribution in [0, 0.1) is 0 Å². The Morgan fingerprint density at radius 3 is 2.37 bits per heavy atom. The molecular formula is C20H22O10. The third-order valence-electron chi connectivity index (χ3n) is 5.30. The van der Waals surface area contributed by atoms with Gasteiger partial charge in [0.25, 0.3) is 0 Å². The highest BCUT2D eigenvalue weighted by Gasteiger charge is 2.46. The van der Waals surface area contributed by atoms with Gasteiger partial charge in [-0.1, -0.05) is 6.07 Å². The number of aliphatic hydroxyl groups is 3. The maximum Gasteiger partial charge on any atom is 0.187 e. The monoisotopic (exact) mass is 422 g/mol. The molecule has 0 aromatic heterocycles. The summed E-state index contributed by atoms with van der Waals surface area (Å²) in [7, 11) is 0. The number of hydrogen-bond acceptors (Lipinski definition) is 10. The first-order valence-electron chi connectivity index (χ1n) is 9.29. The Morgan fingerprint density at radius 2 is 1.70 bits per heavy atom. The van der Waals surface area contributed by atoms with Gasteiger partial charge in [0, 0.05) is 24.1 Å². The molecule has 0 aliphatic carbocycles. The first kappa shape index (κ1) is 20.5. The molecule has 7 N–H and O–H groups in total. The number of ether oxygens (including phenoxy) is 3. The molecular weight excluding hydrogens is 400 g/mol. The van der Waals surface area contributed by atoms with E-state index in [0.29, 0.717) is 11.1 Å². The summed E-state index contributed by atoms with van der Waals surface area (Å²) in [5, 5.41) is 68.9. The quantitative estimate of drug-likeness (QED) is 0.333. The van der Waals surface area contributed by atoms with Crippen molar-refractivity contribution in [2.24, 2.45) is 0 Å². The lowest BCUT2D eigenvalue weighted by molar-refractivity contribution is -0.212. The summed E-state index contributed by atoms with van der Waals surface area (Å²) in [6, 6.07) is 6.53. The van der Waals surface area contributed by atoms with E-state index < -0.39 is 43.4 Å². The van der Waals surface area contributed by atoms with Gasteiger partial charge in [0.2, 0.25) is 0 Å². The highest BCUT2D eigenvalue weighted by molar-refractivity contribution is 5.52. The zero-order valence-electron chi connectivity index (χ0n) is 15.6. The zero-order valence-corrected chi connectivity index (χ0v) is 15.6. The number of phenols is 4. The van der Waals surface area contributed by atoms with Crippen LogP contribution in [-0.2, 0) is 15.9 Å². The van der Waals surface area contributed by atoms with Crippen molar-refractivity contribution in [3.8, 4) is 28.7 Å². The highest BCUT2D eigenvalue weighted by atomic mass is 16.7. The normalized spacial score (nSPS) is 30.6. The molecule has 2 aliphatic heterocycles. The Morgan fingerprint density at radius 1 is 0.933 bits per heavy atom. The molecule has 2 heterocycles. The van der Waals surface area contributed by atoms with Crippen molar-refractivity contribution in [3.05, 3.63) is 41.5 Å². The Balaban J connectivity index is 1.68. The van der Waals surface area contributed by atoms with Gasteiger partial charge in [0.05, 0.1) is 6.61 Å². The standard InChI is InChI=1S/C20H22O10/c21-7-16-17(26)18(27)20(30-16)29-15-6-10-12(24)4-9(22)5-14(10)28-19(15)8-1-2-11(23)13(25)3-8/h1-5,15-27H,6-7H2/t15?,16-,17-,18+,19?,20?/m1/s1. The molecule has 0 spiro atoms. The molecule has 6 atom stereocenters. The predicted octanol–water partition coefficient (Wildman–Crippen LogP) is 0.00940. The number of benzene rings is 2. The topological polar surface area (TPSA) is 169 Å². The van der Waals surface area contributed by atoms with Crippen molar-refractivity contribution in [1.29, 1.82) is 0 Å². The van der Waals surface area contributed by atoms with Crippen LogP contribution in [-0.4, -0.2) is 73.1 Å². The molecule has 1 saturated heterocycles. The van der Waals surface area contributed by atoms with Crippen molar-refractivity contribution < 1.29 is 50.0 Å². The Kier molecular flexibility index (Phi) is 5.35. The minimum atomic E-state index is -1.43. The van der Waals surface area contributed by atoms with E-state index in [1.165, 1.54) is 24.3 Å². The molecule has 1 fully saturated rings. The van der Waals surface area contributed by atoms with Crippen LogP contribution in [0.5, 0.6) is 28.7 Å². The van der Waals surface area contributed by atoms with Crippen LogP contribution in [0.1, 0.15) is 17.2 Å². The summed E-state index contributed by atoms with van der Waals surface area (Å²) in [5.74, 6) is -0.933. The first-order chi connectivity index (χ1) is 14.3. The predicted molar refractivity (Wildman–Crippen MR) is 99.2 cm³/mol. The van der Waals surface area contributed by atoms with Crippen molar-refractivity contribution in [2.45, 2.75) is 43.2 Å². The number of aromatic hydroxyl groups is 4. The van der Waals surface area contributed by atoms with Crippen molar-refractivity contribution in [2.75, 3.05) is 6.61 Å². The molecule has 0 amide bonds. The van der Waals surface area contributed by atoms with Gasteiger partial charge < -0.3 is 50.0 Å². The SMILES string of the molecule is OC[C@H]1OC(OC2Cc3c(O)cc(O)cc3OC2c2ccc(O)c(O)c2)[C@@H](O)[C@@H]1O. The van der Waals surface area contributed by atoms with Gasteiger partial charge in [-0.25, -0.2) is 0 Å². The van der Waals surface area contributed by atoms with Gasteiger partial charge >= 0.3 is 0 Å². The molecule has 2 aliphatic rings. The van der Waals surface area contributed by atoms with Crippen LogP contribution in [0.2, 0.25) is 0 Å². The Labute approximate surface area is 170 Å². The fourth-order valence-electron chi connectivity index (χ4n) is 3.72. The summed E-state index contributed by atoms with van der Waals surface area (Å²) in [6.45, 7) is -0.516. The van der Waals surface area contributed by atoms with Gasteiger partial charge in [0.1, 0.15) is 41.7 Å². The van der Waals surface area contributed by atoms with Crippen LogP contribution in [0.4, 0.5) is 0 Å². The molecule has 2 aromatic rings. The molecule has 10 heteroatoms. The summed E-state index contributed by atoms with van der Waals surface area (Å²) in [6.07, 6.45) is -6.74. The third kappa shape index (κ3) is 3.59. The second-order valence-electron chi connectivity index (χ2n) is 7.31. The maximum absolute atomic E-state index is 10.2. The number of hydrogen-bond donors (Lipinski definition) is 7. The van der Waals surface area contributed by atoms with Crippen molar-refractivity contribution >= 4 is 0 Å². The van der Waals surface area contributed by atoms with Gasteiger partial charge in [0.15, 0.2) is 23.9 Å². The summed E-state index contributed by atoms with van der Waals surface area (Å²) in [5.41, 5.74) is 0.763. The van der Waals surface area contributed by atoms with Gasteiger partial charge in [-0.3, -0.25) is 0 Å². The van der Waals surface area contributed by atoms with E-state index >= 15 is 0 Å². The highest BCUT2D eigenvalue weighted by Crippen LogP contribution is 2.44. The number of fused-ring (bicyclic) bond motifs is 1. The van der Waals surface area contributed by atoms with E-state index in [1.807, 2.05) is 0 Å². The Bertz CT molecular complexity index is 932. The first-order valence-corrected chi connectivity index (χ1v) is 9.29. The second-order valence-corrected chi connectivity index (χ2v) is 7.31. The molecule has 30 heavy (non-hydrogen) atoms. The van der Waals surface area contributed by atoms with Crippen LogP contribution in [0.25, 0.3) is 0 Å². The minimum Gasteiger partial charge on any atom is -0.508 e. The van der Waals surface area contributed by atoms with Gasteiger partial charge in [-0.2, -0.15) is 0 Å². The molecule has 0 bridgehead atoms. The van der Waals surface area contributed by atoms with Crippen LogP contribution < -0.4 is 4.74 Å². The van der Waals surface area contributed by atoms with Crippen LogP contribution in [0.3, 0.4) is 0 Å². The molecule has 0 saturated carbocycles. The number of phenolic OH excluding ortho intramolecular Hbond substituents is 4. The van der Waals surface area contributed by atoms with E-state index in [1.54, 1.807) is 0 Å². The van der Waals surface area contributed by atoms with Crippen molar-refractivity contribution in [1.82, 2.24) is 0 Å². The van der Waals surface area contributed by atoms with E-state index in [0.717, 1.165) is 6.07 Å². The molecule has 3 unspecified atom stereocenters. The smallest absolute Gasteiger partial charge is 0.187 e. The lowest BCUT2D eigenvalue weighted by Gasteiger charge is -2.36. The fraction of sp³-hybridized carbons (Fsp3) is 0.400. The molecule has 2 aromatic carbocycles. The zero-order chi connectivity index (χ0) is 21.6. The molecule has 10 nitrogen and oxygen atoms in total. The molecule has 4 rings (SSSR count). The van der Waals surface area contributed by atoms with E-state index in [9.17, 15) is 35.7 Å². The summed E-state index contributed by atoms with van der Waals surface area (Å²) < 4.78 is 17.2. The van der Waals surface area contributed by atoms with Crippen LogP contribution >= 0.6 is 0 Å². The molecule has 162 valence electrons. The Hall–Kier alpha value is -2.76. The average Bonchev–Trinajstić information content (AvgIpc) is 2.98. The van der Waals surface area contributed by atoms with E-state index in [2.05, 4.69) is 0 Å².